The van der Waals surface area contributed by atoms with Gasteiger partial charge in [-0.25, -0.2) is 0 Å². The summed E-state index contributed by atoms with van der Waals surface area (Å²) in [5.41, 5.74) is 2.56. The van der Waals surface area contributed by atoms with Gasteiger partial charge in [-0.15, -0.1) is 0 Å². The third kappa shape index (κ3) is 4.51. The minimum Gasteiger partial charge on any atom is -0.493 e. The second kappa shape index (κ2) is 7.51. The molecule has 2 rings (SSSR count). The van der Waals surface area contributed by atoms with Crippen LogP contribution in [0.1, 0.15) is 24.0 Å². The van der Waals surface area contributed by atoms with Crippen LogP contribution in [0.2, 0.25) is 0 Å². The maximum Gasteiger partial charge on any atom is 0.122 e. The lowest BCUT2D eigenvalue weighted by Gasteiger charge is -2.26. The summed E-state index contributed by atoms with van der Waals surface area (Å²) in [5, 5.41) is 0. The van der Waals surface area contributed by atoms with E-state index in [2.05, 4.69) is 36.9 Å². The SMILES string of the molecule is Cc1cccc(OCCCCN2CCOCC2)c1C. The van der Waals surface area contributed by atoms with Gasteiger partial charge in [-0.1, -0.05) is 12.1 Å². The Hall–Kier alpha value is -1.06. The summed E-state index contributed by atoms with van der Waals surface area (Å²) in [6.45, 7) is 10.2. The van der Waals surface area contributed by atoms with Crippen LogP contribution in [0.4, 0.5) is 0 Å². The monoisotopic (exact) mass is 263 g/mol. The Kier molecular flexibility index (Phi) is 5.67. The Morgan fingerprint density at radius 3 is 2.74 bits per heavy atom. The highest BCUT2D eigenvalue weighted by atomic mass is 16.5. The molecule has 1 fully saturated rings. The van der Waals surface area contributed by atoms with Gasteiger partial charge in [0, 0.05) is 13.1 Å². The molecule has 1 aromatic carbocycles. The largest absolute Gasteiger partial charge is 0.493 e. The number of aryl methyl sites for hydroxylation is 1. The van der Waals surface area contributed by atoms with E-state index in [0.29, 0.717) is 0 Å². The number of unbranched alkanes of at least 4 members (excludes halogenated alkanes) is 1. The molecule has 0 aromatic heterocycles. The van der Waals surface area contributed by atoms with E-state index in [4.69, 9.17) is 9.47 Å². The van der Waals surface area contributed by atoms with Crippen LogP contribution in [-0.4, -0.2) is 44.4 Å². The van der Waals surface area contributed by atoms with Gasteiger partial charge in [0.1, 0.15) is 5.75 Å². The second-order valence-electron chi connectivity index (χ2n) is 5.21. The first-order chi connectivity index (χ1) is 9.27. The Balaban J connectivity index is 1.62. The highest BCUT2D eigenvalue weighted by molar-refractivity contribution is 5.38. The number of hydrogen-bond donors (Lipinski definition) is 0. The number of nitrogens with zero attached hydrogens (tertiary/aromatic N) is 1. The maximum atomic E-state index is 5.86. The minimum absolute atomic E-state index is 0.814. The molecule has 0 spiro atoms. The van der Waals surface area contributed by atoms with Crippen LogP contribution in [0.15, 0.2) is 18.2 Å². The molecule has 0 bridgehead atoms. The van der Waals surface area contributed by atoms with E-state index in [1.807, 2.05) is 0 Å². The summed E-state index contributed by atoms with van der Waals surface area (Å²) < 4.78 is 11.2. The summed E-state index contributed by atoms with van der Waals surface area (Å²) in [7, 11) is 0. The van der Waals surface area contributed by atoms with E-state index >= 15 is 0 Å². The first-order valence-corrected chi connectivity index (χ1v) is 7.26. The summed E-state index contributed by atoms with van der Waals surface area (Å²) in [6, 6.07) is 6.25. The molecule has 1 aliphatic rings. The lowest BCUT2D eigenvalue weighted by atomic mass is 10.1. The fraction of sp³-hybridized carbons (Fsp3) is 0.625. The van der Waals surface area contributed by atoms with Gasteiger partial charge >= 0.3 is 0 Å². The van der Waals surface area contributed by atoms with E-state index in [9.17, 15) is 0 Å². The summed E-state index contributed by atoms with van der Waals surface area (Å²) in [5.74, 6) is 1.03. The zero-order valence-corrected chi connectivity index (χ0v) is 12.2. The Morgan fingerprint density at radius 2 is 1.95 bits per heavy atom. The zero-order chi connectivity index (χ0) is 13.5. The average Bonchev–Trinajstić information content (AvgIpc) is 2.44. The van der Waals surface area contributed by atoms with Crippen molar-refractivity contribution >= 4 is 0 Å². The van der Waals surface area contributed by atoms with Crippen LogP contribution in [-0.2, 0) is 4.74 Å². The third-order valence-electron chi connectivity index (χ3n) is 3.78. The molecule has 3 heteroatoms. The quantitative estimate of drug-likeness (QED) is 0.737. The molecule has 0 aliphatic carbocycles. The second-order valence-corrected chi connectivity index (χ2v) is 5.21. The van der Waals surface area contributed by atoms with Crippen molar-refractivity contribution in [1.29, 1.82) is 0 Å². The Morgan fingerprint density at radius 1 is 1.16 bits per heavy atom. The number of ether oxygens (including phenoxy) is 2. The Bertz CT molecular complexity index is 386. The molecule has 0 unspecified atom stereocenters. The summed E-state index contributed by atoms with van der Waals surface area (Å²) in [6.07, 6.45) is 2.32. The number of rotatable bonds is 6. The highest BCUT2D eigenvalue weighted by Crippen LogP contribution is 2.20. The van der Waals surface area contributed by atoms with Gasteiger partial charge < -0.3 is 9.47 Å². The van der Waals surface area contributed by atoms with Crippen molar-refractivity contribution in [2.75, 3.05) is 39.5 Å². The minimum atomic E-state index is 0.814. The topological polar surface area (TPSA) is 21.7 Å². The van der Waals surface area contributed by atoms with Crippen molar-refractivity contribution in [2.45, 2.75) is 26.7 Å². The van der Waals surface area contributed by atoms with Crippen LogP contribution in [0.5, 0.6) is 5.75 Å². The van der Waals surface area contributed by atoms with Crippen LogP contribution in [0, 0.1) is 13.8 Å². The number of benzene rings is 1. The fourth-order valence-corrected chi connectivity index (χ4v) is 2.32. The normalized spacial score (nSPS) is 16.5. The van der Waals surface area contributed by atoms with Crippen molar-refractivity contribution in [3.63, 3.8) is 0 Å². The van der Waals surface area contributed by atoms with Crippen molar-refractivity contribution in [3.8, 4) is 5.75 Å². The molecule has 0 N–H and O–H groups in total. The van der Waals surface area contributed by atoms with Crippen molar-refractivity contribution in [3.05, 3.63) is 29.3 Å². The third-order valence-corrected chi connectivity index (χ3v) is 3.78. The predicted octanol–water partition coefficient (Wildman–Crippen LogP) is 2.79. The maximum absolute atomic E-state index is 5.86. The molecular weight excluding hydrogens is 238 g/mol. The van der Waals surface area contributed by atoms with Crippen LogP contribution in [0.25, 0.3) is 0 Å². The predicted molar refractivity (Wildman–Crippen MR) is 77.9 cm³/mol. The van der Waals surface area contributed by atoms with Gasteiger partial charge in [0.05, 0.1) is 19.8 Å². The standard InChI is InChI=1S/C16H25NO2/c1-14-6-5-7-16(15(14)2)19-11-4-3-8-17-9-12-18-13-10-17/h5-7H,3-4,8-13H2,1-2H3. The van der Waals surface area contributed by atoms with Crippen LogP contribution in [0.3, 0.4) is 0 Å². The average molecular weight is 263 g/mol. The lowest BCUT2D eigenvalue weighted by Crippen LogP contribution is -2.36. The smallest absolute Gasteiger partial charge is 0.122 e. The molecule has 19 heavy (non-hydrogen) atoms. The summed E-state index contributed by atoms with van der Waals surface area (Å²) in [4.78, 5) is 2.47. The van der Waals surface area contributed by atoms with E-state index in [1.165, 1.54) is 24.1 Å². The fourth-order valence-electron chi connectivity index (χ4n) is 2.32. The van der Waals surface area contributed by atoms with Gasteiger partial charge in [-0.05, 0) is 50.4 Å². The van der Waals surface area contributed by atoms with Gasteiger partial charge in [-0.2, -0.15) is 0 Å². The van der Waals surface area contributed by atoms with Gasteiger partial charge in [0.15, 0.2) is 0 Å². The first-order valence-electron chi connectivity index (χ1n) is 7.26. The molecule has 1 aromatic rings. The van der Waals surface area contributed by atoms with E-state index < -0.39 is 0 Å². The molecule has 0 amide bonds. The molecule has 0 saturated carbocycles. The van der Waals surface area contributed by atoms with E-state index in [-0.39, 0.29) is 0 Å². The lowest BCUT2D eigenvalue weighted by molar-refractivity contribution is 0.0368. The summed E-state index contributed by atoms with van der Waals surface area (Å²) >= 11 is 0. The van der Waals surface area contributed by atoms with E-state index in [1.54, 1.807) is 0 Å². The molecule has 0 radical (unpaired) electrons. The first kappa shape index (κ1) is 14.4. The van der Waals surface area contributed by atoms with Gasteiger partial charge in [0.25, 0.3) is 0 Å². The number of hydrogen-bond acceptors (Lipinski definition) is 3. The van der Waals surface area contributed by atoms with Crippen LogP contribution >= 0.6 is 0 Å². The van der Waals surface area contributed by atoms with Crippen molar-refractivity contribution in [2.24, 2.45) is 0 Å². The number of morpholine rings is 1. The zero-order valence-electron chi connectivity index (χ0n) is 12.2. The molecule has 1 saturated heterocycles. The Labute approximate surface area is 116 Å². The van der Waals surface area contributed by atoms with Gasteiger partial charge in [0.2, 0.25) is 0 Å². The van der Waals surface area contributed by atoms with E-state index in [0.717, 1.165) is 45.1 Å². The van der Waals surface area contributed by atoms with Crippen molar-refractivity contribution in [1.82, 2.24) is 4.90 Å². The molecule has 1 heterocycles. The highest BCUT2D eigenvalue weighted by Gasteiger charge is 2.09. The molecular formula is C16H25NO2. The van der Waals surface area contributed by atoms with Crippen LogP contribution < -0.4 is 4.74 Å². The molecule has 3 nitrogen and oxygen atoms in total. The molecule has 0 atom stereocenters. The van der Waals surface area contributed by atoms with Gasteiger partial charge in [-0.3, -0.25) is 4.90 Å². The molecule has 106 valence electrons. The van der Waals surface area contributed by atoms with Crippen molar-refractivity contribution < 1.29 is 9.47 Å². The molecule has 1 aliphatic heterocycles.